The van der Waals surface area contributed by atoms with Gasteiger partial charge >= 0.3 is 0 Å². The average Bonchev–Trinajstić information content (AvgIpc) is 2.79. The fourth-order valence-corrected chi connectivity index (χ4v) is 3.03. The van der Waals surface area contributed by atoms with E-state index >= 15 is 0 Å². The summed E-state index contributed by atoms with van der Waals surface area (Å²) in [7, 11) is 1.59. The van der Waals surface area contributed by atoms with E-state index in [0.717, 1.165) is 22.0 Å². The van der Waals surface area contributed by atoms with Crippen molar-refractivity contribution in [2.75, 3.05) is 7.11 Å². The number of aromatic nitrogens is 2. The van der Waals surface area contributed by atoms with Crippen molar-refractivity contribution >= 4 is 23.0 Å². The number of pyridine rings is 2. The Morgan fingerprint density at radius 2 is 1.79 bits per heavy atom. The molecule has 1 amide bonds. The highest BCUT2D eigenvalue weighted by atomic mass is 16.5. The molecule has 1 N–H and O–H groups in total. The van der Waals surface area contributed by atoms with Crippen molar-refractivity contribution in [2.45, 2.75) is 0 Å². The number of nitrogens with zero attached hydrogens (tertiary/aromatic N) is 3. The van der Waals surface area contributed by atoms with Crippen molar-refractivity contribution in [3.8, 4) is 17.0 Å². The highest BCUT2D eigenvalue weighted by molar-refractivity contribution is 6.07. The van der Waals surface area contributed by atoms with Crippen molar-refractivity contribution < 1.29 is 9.53 Å². The Morgan fingerprint density at radius 3 is 2.62 bits per heavy atom. The lowest BCUT2D eigenvalue weighted by atomic mass is 10.0. The monoisotopic (exact) mass is 382 g/mol. The number of rotatable bonds is 5. The molecule has 4 aromatic rings. The van der Waals surface area contributed by atoms with Crippen LogP contribution in [0.3, 0.4) is 0 Å². The van der Waals surface area contributed by atoms with Crippen LogP contribution in [0.1, 0.15) is 15.9 Å². The number of amides is 1. The van der Waals surface area contributed by atoms with E-state index in [1.807, 2.05) is 60.7 Å². The number of hydrazone groups is 1. The van der Waals surface area contributed by atoms with Crippen LogP contribution < -0.4 is 10.2 Å². The quantitative estimate of drug-likeness (QED) is 0.417. The van der Waals surface area contributed by atoms with E-state index in [0.29, 0.717) is 17.0 Å². The zero-order chi connectivity index (χ0) is 20.1. The van der Waals surface area contributed by atoms with Crippen LogP contribution in [-0.2, 0) is 0 Å². The Bertz CT molecular complexity index is 1190. The van der Waals surface area contributed by atoms with E-state index in [-0.39, 0.29) is 5.91 Å². The molecule has 0 saturated heterocycles. The standard InChI is InChI=1S/C23H18N4O2/c1-29-22-9-5-2-6-17(22)15-25-27-23(28)19-14-21(16-10-12-24-13-11-16)26-20-8-4-3-7-18(19)20/h2-15H,1H3,(H,27,28)/b25-15-. The molecule has 0 saturated carbocycles. The van der Waals surface area contributed by atoms with Crippen molar-refractivity contribution in [3.63, 3.8) is 0 Å². The molecule has 6 heteroatoms. The Balaban J connectivity index is 1.67. The summed E-state index contributed by atoms with van der Waals surface area (Å²) in [6.07, 6.45) is 4.96. The van der Waals surface area contributed by atoms with Crippen LogP contribution in [0, 0.1) is 0 Å². The molecular formula is C23H18N4O2. The first-order valence-electron chi connectivity index (χ1n) is 9.03. The lowest BCUT2D eigenvalue weighted by Crippen LogP contribution is -2.18. The summed E-state index contributed by atoms with van der Waals surface area (Å²) in [5.41, 5.74) is 6.20. The van der Waals surface area contributed by atoms with Gasteiger partial charge < -0.3 is 4.74 Å². The number of carbonyl (C=O) groups is 1. The number of methoxy groups -OCH3 is 1. The molecule has 0 bridgehead atoms. The van der Waals surface area contributed by atoms with E-state index < -0.39 is 0 Å². The predicted octanol–water partition coefficient (Wildman–Crippen LogP) is 4.07. The summed E-state index contributed by atoms with van der Waals surface area (Å²) >= 11 is 0. The van der Waals surface area contributed by atoms with Crippen LogP contribution >= 0.6 is 0 Å². The van der Waals surface area contributed by atoms with Gasteiger partial charge in [0.25, 0.3) is 5.91 Å². The molecule has 2 aromatic carbocycles. The second kappa shape index (κ2) is 8.31. The molecule has 0 aliphatic carbocycles. The number of hydrogen-bond acceptors (Lipinski definition) is 5. The molecule has 0 aliphatic rings. The summed E-state index contributed by atoms with van der Waals surface area (Å²) in [6.45, 7) is 0. The zero-order valence-corrected chi connectivity index (χ0v) is 15.7. The Morgan fingerprint density at radius 1 is 1.03 bits per heavy atom. The van der Waals surface area contributed by atoms with Gasteiger partial charge in [0.15, 0.2) is 0 Å². The first-order valence-corrected chi connectivity index (χ1v) is 9.03. The van der Waals surface area contributed by atoms with Crippen LogP contribution in [-0.4, -0.2) is 29.2 Å². The lowest BCUT2D eigenvalue weighted by Gasteiger charge is -2.09. The number of hydrogen-bond donors (Lipinski definition) is 1. The van der Waals surface area contributed by atoms with Crippen molar-refractivity contribution in [1.29, 1.82) is 0 Å². The van der Waals surface area contributed by atoms with Gasteiger partial charge in [-0.1, -0.05) is 30.3 Å². The van der Waals surface area contributed by atoms with Gasteiger partial charge in [-0.2, -0.15) is 5.10 Å². The number of nitrogens with one attached hydrogen (secondary N) is 1. The maximum atomic E-state index is 12.9. The molecule has 0 radical (unpaired) electrons. The number of fused-ring (bicyclic) bond motifs is 1. The van der Waals surface area contributed by atoms with Gasteiger partial charge in [-0.3, -0.25) is 9.78 Å². The van der Waals surface area contributed by atoms with Crippen LogP contribution in [0.4, 0.5) is 0 Å². The maximum absolute atomic E-state index is 12.9. The fraction of sp³-hybridized carbons (Fsp3) is 0.0435. The Labute approximate surface area is 167 Å². The lowest BCUT2D eigenvalue weighted by molar-refractivity contribution is 0.0956. The molecule has 0 aliphatic heterocycles. The third-order valence-corrected chi connectivity index (χ3v) is 4.45. The summed E-state index contributed by atoms with van der Waals surface area (Å²) in [4.78, 5) is 21.6. The smallest absolute Gasteiger partial charge is 0.272 e. The van der Waals surface area contributed by atoms with Gasteiger partial charge in [-0.05, 0) is 36.4 Å². The van der Waals surface area contributed by atoms with E-state index in [4.69, 9.17) is 4.74 Å². The second-order valence-electron chi connectivity index (χ2n) is 6.25. The number of benzene rings is 2. The first-order chi connectivity index (χ1) is 14.3. The topological polar surface area (TPSA) is 76.5 Å². The van der Waals surface area contributed by atoms with Crippen molar-refractivity contribution in [2.24, 2.45) is 5.10 Å². The normalized spacial score (nSPS) is 10.9. The highest BCUT2D eigenvalue weighted by Gasteiger charge is 2.13. The molecule has 4 rings (SSSR count). The summed E-state index contributed by atoms with van der Waals surface area (Å²) < 4.78 is 5.29. The van der Waals surface area contributed by atoms with Crippen molar-refractivity contribution in [1.82, 2.24) is 15.4 Å². The van der Waals surface area contributed by atoms with Crippen molar-refractivity contribution in [3.05, 3.63) is 90.3 Å². The number of ether oxygens (including phenoxy) is 1. The molecule has 0 fully saturated rings. The van der Waals surface area contributed by atoms with Gasteiger partial charge in [0, 0.05) is 28.9 Å². The van der Waals surface area contributed by atoms with E-state index in [1.54, 1.807) is 31.8 Å². The molecule has 29 heavy (non-hydrogen) atoms. The Hall–Kier alpha value is -4.06. The summed E-state index contributed by atoms with van der Waals surface area (Å²) in [5, 5.41) is 4.86. The largest absolute Gasteiger partial charge is 0.496 e. The molecular weight excluding hydrogens is 364 g/mol. The first kappa shape index (κ1) is 18.3. The number of carbonyl (C=O) groups excluding carboxylic acids is 1. The average molecular weight is 382 g/mol. The Kier molecular flexibility index (Phi) is 5.25. The molecule has 0 spiro atoms. The predicted molar refractivity (Wildman–Crippen MR) is 113 cm³/mol. The molecule has 2 heterocycles. The highest BCUT2D eigenvalue weighted by Crippen LogP contribution is 2.24. The molecule has 142 valence electrons. The van der Waals surface area contributed by atoms with Gasteiger partial charge in [-0.25, -0.2) is 10.4 Å². The summed E-state index contributed by atoms with van der Waals surface area (Å²) in [6, 6.07) is 20.5. The van der Waals surface area contributed by atoms with Gasteiger partial charge in [0.2, 0.25) is 0 Å². The zero-order valence-electron chi connectivity index (χ0n) is 15.7. The minimum absolute atomic E-state index is 0.315. The fourth-order valence-electron chi connectivity index (χ4n) is 3.03. The number of para-hydroxylation sites is 2. The van der Waals surface area contributed by atoms with Crippen LogP contribution in [0.25, 0.3) is 22.2 Å². The van der Waals surface area contributed by atoms with E-state index in [9.17, 15) is 4.79 Å². The van der Waals surface area contributed by atoms with Gasteiger partial charge in [0.1, 0.15) is 5.75 Å². The SMILES string of the molecule is COc1ccccc1/C=N\NC(=O)c1cc(-c2ccncc2)nc2ccccc12. The van der Waals surface area contributed by atoms with Crippen LogP contribution in [0.5, 0.6) is 5.75 Å². The summed E-state index contributed by atoms with van der Waals surface area (Å²) in [5.74, 6) is 0.366. The maximum Gasteiger partial charge on any atom is 0.272 e. The molecule has 6 nitrogen and oxygen atoms in total. The van der Waals surface area contributed by atoms with E-state index in [1.165, 1.54) is 0 Å². The van der Waals surface area contributed by atoms with Crippen LogP contribution in [0.2, 0.25) is 0 Å². The third-order valence-electron chi connectivity index (χ3n) is 4.45. The minimum atomic E-state index is -0.315. The molecule has 2 aromatic heterocycles. The third kappa shape index (κ3) is 3.96. The minimum Gasteiger partial charge on any atom is -0.496 e. The van der Waals surface area contributed by atoms with Crippen LogP contribution in [0.15, 0.2) is 84.2 Å². The molecule has 0 atom stereocenters. The second-order valence-corrected chi connectivity index (χ2v) is 6.25. The van der Waals surface area contributed by atoms with Gasteiger partial charge in [-0.15, -0.1) is 0 Å². The van der Waals surface area contributed by atoms with Gasteiger partial charge in [0.05, 0.1) is 30.1 Å². The van der Waals surface area contributed by atoms with E-state index in [2.05, 4.69) is 20.5 Å². The molecule has 0 unspecified atom stereocenters.